The summed E-state index contributed by atoms with van der Waals surface area (Å²) in [5.41, 5.74) is 6.03. The van der Waals surface area contributed by atoms with Crippen molar-refractivity contribution in [2.24, 2.45) is 5.73 Å². The standard InChI is InChI=1S/C13H20N2O4/c1-17-8-10(7-14)15-13(16)9-4-5-11(18-2)12(6-9)19-3/h4-6,10H,7-8,14H2,1-3H3,(H,15,16). The van der Waals surface area contributed by atoms with Crippen molar-refractivity contribution in [3.05, 3.63) is 23.8 Å². The van der Waals surface area contributed by atoms with Crippen LogP contribution in [0.2, 0.25) is 0 Å². The lowest BCUT2D eigenvalue weighted by atomic mass is 10.1. The molecule has 0 heterocycles. The molecule has 0 aromatic heterocycles. The molecule has 0 saturated carbocycles. The first kappa shape index (κ1) is 15.3. The fourth-order valence-electron chi connectivity index (χ4n) is 1.62. The van der Waals surface area contributed by atoms with Gasteiger partial charge in [-0.25, -0.2) is 0 Å². The summed E-state index contributed by atoms with van der Waals surface area (Å²) in [7, 11) is 4.62. The van der Waals surface area contributed by atoms with E-state index >= 15 is 0 Å². The van der Waals surface area contributed by atoms with Crippen LogP contribution in [0.15, 0.2) is 18.2 Å². The molecular formula is C13H20N2O4. The first-order valence-electron chi connectivity index (χ1n) is 5.88. The molecule has 1 unspecified atom stereocenters. The first-order valence-corrected chi connectivity index (χ1v) is 5.88. The number of amides is 1. The van der Waals surface area contributed by atoms with Crippen LogP contribution in [0.25, 0.3) is 0 Å². The number of rotatable bonds is 7. The third-order valence-corrected chi connectivity index (χ3v) is 2.63. The SMILES string of the molecule is COCC(CN)NC(=O)c1ccc(OC)c(OC)c1. The minimum atomic E-state index is -0.228. The molecule has 0 spiro atoms. The molecule has 0 aliphatic carbocycles. The molecule has 1 amide bonds. The van der Waals surface area contributed by atoms with Gasteiger partial charge in [0, 0.05) is 19.2 Å². The minimum Gasteiger partial charge on any atom is -0.493 e. The highest BCUT2D eigenvalue weighted by atomic mass is 16.5. The molecule has 1 rings (SSSR count). The van der Waals surface area contributed by atoms with Gasteiger partial charge in [0.2, 0.25) is 0 Å². The van der Waals surface area contributed by atoms with Crippen LogP contribution in [0.5, 0.6) is 11.5 Å². The lowest BCUT2D eigenvalue weighted by Crippen LogP contribution is -2.43. The predicted octanol–water partition coefficient (Wildman–Crippen LogP) is 0.407. The van der Waals surface area contributed by atoms with Crippen molar-refractivity contribution < 1.29 is 19.0 Å². The number of benzene rings is 1. The molecule has 1 atom stereocenters. The van der Waals surface area contributed by atoms with Gasteiger partial charge < -0.3 is 25.3 Å². The summed E-state index contributed by atoms with van der Waals surface area (Å²) in [4.78, 5) is 12.0. The number of hydrogen-bond acceptors (Lipinski definition) is 5. The van der Waals surface area contributed by atoms with Crippen molar-refractivity contribution in [2.75, 3.05) is 34.5 Å². The van der Waals surface area contributed by atoms with Crippen molar-refractivity contribution >= 4 is 5.91 Å². The molecule has 0 aliphatic rings. The Morgan fingerprint density at radius 3 is 2.47 bits per heavy atom. The topological polar surface area (TPSA) is 82.8 Å². The predicted molar refractivity (Wildman–Crippen MR) is 71.7 cm³/mol. The second kappa shape index (κ2) is 7.60. The Kier molecular flexibility index (Phi) is 6.11. The molecule has 0 bridgehead atoms. The third-order valence-electron chi connectivity index (χ3n) is 2.63. The van der Waals surface area contributed by atoms with E-state index in [4.69, 9.17) is 19.9 Å². The Morgan fingerprint density at radius 2 is 1.95 bits per heavy atom. The van der Waals surface area contributed by atoms with Gasteiger partial charge in [-0.2, -0.15) is 0 Å². The van der Waals surface area contributed by atoms with Gasteiger partial charge in [0.1, 0.15) is 0 Å². The molecule has 1 aromatic rings. The number of nitrogens with two attached hydrogens (primary N) is 1. The molecule has 0 radical (unpaired) electrons. The van der Waals surface area contributed by atoms with Crippen LogP contribution < -0.4 is 20.5 Å². The van der Waals surface area contributed by atoms with Gasteiger partial charge in [-0.3, -0.25) is 4.79 Å². The molecule has 1 aromatic carbocycles. The molecule has 0 fully saturated rings. The molecule has 0 saturated heterocycles. The van der Waals surface area contributed by atoms with E-state index in [1.165, 1.54) is 7.11 Å². The summed E-state index contributed by atoms with van der Waals surface area (Å²) in [5, 5.41) is 2.79. The maximum absolute atomic E-state index is 12.0. The molecule has 6 nitrogen and oxygen atoms in total. The average molecular weight is 268 g/mol. The van der Waals surface area contributed by atoms with Crippen LogP contribution in [0, 0.1) is 0 Å². The summed E-state index contributed by atoms with van der Waals surface area (Å²) in [6.07, 6.45) is 0. The molecule has 0 aliphatic heterocycles. The van der Waals surface area contributed by atoms with Crippen molar-refractivity contribution in [3.63, 3.8) is 0 Å². The van der Waals surface area contributed by atoms with Crippen molar-refractivity contribution in [1.29, 1.82) is 0 Å². The largest absolute Gasteiger partial charge is 0.493 e. The van der Waals surface area contributed by atoms with E-state index in [0.29, 0.717) is 30.2 Å². The van der Waals surface area contributed by atoms with E-state index in [1.807, 2.05) is 0 Å². The maximum atomic E-state index is 12.0. The van der Waals surface area contributed by atoms with Crippen molar-refractivity contribution in [1.82, 2.24) is 5.32 Å². The van der Waals surface area contributed by atoms with Gasteiger partial charge in [-0.05, 0) is 18.2 Å². The lowest BCUT2D eigenvalue weighted by molar-refractivity contribution is 0.0900. The van der Waals surface area contributed by atoms with Gasteiger partial charge in [-0.1, -0.05) is 0 Å². The molecule has 106 valence electrons. The average Bonchev–Trinajstić information content (AvgIpc) is 2.45. The van der Waals surface area contributed by atoms with Crippen LogP contribution >= 0.6 is 0 Å². The highest BCUT2D eigenvalue weighted by molar-refractivity contribution is 5.95. The van der Waals surface area contributed by atoms with Crippen LogP contribution in [0.3, 0.4) is 0 Å². The normalized spacial score (nSPS) is 11.8. The third kappa shape index (κ3) is 4.11. The number of carbonyl (C=O) groups is 1. The Morgan fingerprint density at radius 1 is 1.26 bits per heavy atom. The van der Waals surface area contributed by atoms with E-state index < -0.39 is 0 Å². The van der Waals surface area contributed by atoms with Gasteiger partial charge in [0.25, 0.3) is 5.91 Å². The number of ether oxygens (including phenoxy) is 3. The van der Waals surface area contributed by atoms with Crippen LogP contribution in [-0.2, 0) is 4.74 Å². The summed E-state index contributed by atoms with van der Waals surface area (Å²) in [6, 6.07) is 4.75. The van der Waals surface area contributed by atoms with Crippen LogP contribution in [0.4, 0.5) is 0 Å². The molecular weight excluding hydrogens is 248 g/mol. The Hall–Kier alpha value is -1.79. The van der Waals surface area contributed by atoms with Gasteiger partial charge in [-0.15, -0.1) is 0 Å². The Bertz CT molecular complexity index is 423. The molecule has 6 heteroatoms. The Balaban J connectivity index is 2.82. The van der Waals surface area contributed by atoms with E-state index in [1.54, 1.807) is 32.4 Å². The minimum absolute atomic E-state index is 0.217. The smallest absolute Gasteiger partial charge is 0.251 e. The first-order chi connectivity index (χ1) is 9.15. The zero-order chi connectivity index (χ0) is 14.3. The fraction of sp³-hybridized carbons (Fsp3) is 0.462. The quantitative estimate of drug-likeness (QED) is 0.748. The lowest BCUT2D eigenvalue weighted by Gasteiger charge is -2.16. The van der Waals surface area contributed by atoms with E-state index in [2.05, 4.69) is 5.32 Å². The van der Waals surface area contributed by atoms with Gasteiger partial charge in [0.05, 0.1) is 26.9 Å². The van der Waals surface area contributed by atoms with E-state index in [9.17, 15) is 4.79 Å². The maximum Gasteiger partial charge on any atom is 0.251 e. The van der Waals surface area contributed by atoms with E-state index in [-0.39, 0.29) is 11.9 Å². The molecule has 3 N–H and O–H groups in total. The number of nitrogens with one attached hydrogen (secondary N) is 1. The zero-order valence-electron chi connectivity index (χ0n) is 11.4. The number of carbonyl (C=O) groups excluding carboxylic acids is 1. The van der Waals surface area contributed by atoms with Crippen molar-refractivity contribution in [3.8, 4) is 11.5 Å². The monoisotopic (exact) mass is 268 g/mol. The second-order valence-corrected chi connectivity index (χ2v) is 3.93. The van der Waals surface area contributed by atoms with Crippen LogP contribution in [-0.4, -0.2) is 46.4 Å². The van der Waals surface area contributed by atoms with Crippen molar-refractivity contribution in [2.45, 2.75) is 6.04 Å². The second-order valence-electron chi connectivity index (χ2n) is 3.93. The highest BCUT2D eigenvalue weighted by Gasteiger charge is 2.14. The summed E-state index contributed by atoms with van der Waals surface area (Å²) in [6.45, 7) is 0.683. The fourth-order valence-corrected chi connectivity index (χ4v) is 1.62. The zero-order valence-corrected chi connectivity index (χ0v) is 11.4. The van der Waals surface area contributed by atoms with Crippen LogP contribution in [0.1, 0.15) is 10.4 Å². The van der Waals surface area contributed by atoms with Gasteiger partial charge >= 0.3 is 0 Å². The summed E-state index contributed by atoms with van der Waals surface area (Å²) in [5.74, 6) is 0.853. The molecule has 19 heavy (non-hydrogen) atoms. The van der Waals surface area contributed by atoms with E-state index in [0.717, 1.165) is 0 Å². The summed E-state index contributed by atoms with van der Waals surface area (Å²) >= 11 is 0. The highest BCUT2D eigenvalue weighted by Crippen LogP contribution is 2.27. The number of methoxy groups -OCH3 is 3. The summed E-state index contributed by atoms with van der Waals surface area (Å²) < 4.78 is 15.2. The number of hydrogen-bond donors (Lipinski definition) is 2. The Labute approximate surface area is 112 Å². The van der Waals surface area contributed by atoms with Gasteiger partial charge in [0.15, 0.2) is 11.5 Å².